The minimum absolute atomic E-state index is 0.0245. The molecule has 0 aliphatic carbocycles. The highest BCUT2D eigenvalue weighted by Crippen LogP contribution is 2.15. The first-order chi connectivity index (χ1) is 10.5. The topological polar surface area (TPSA) is 49.4 Å². The number of nitrogens with zero attached hydrogens (tertiary/aromatic N) is 1. The summed E-state index contributed by atoms with van der Waals surface area (Å²) < 4.78 is 0.887. The third-order valence-corrected chi connectivity index (χ3v) is 3.60. The van der Waals surface area contributed by atoms with E-state index in [0.717, 1.165) is 10.0 Å². The second-order valence-electron chi connectivity index (χ2n) is 4.92. The van der Waals surface area contributed by atoms with Crippen molar-refractivity contribution < 1.29 is 9.59 Å². The van der Waals surface area contributed by atoms with Gasteiger partial charge in [0.25, 0.3) is 0 Å². The average molecular weight is 361 g/mol. The van der Waals surface area contributed by atoms with Crippen LogP contribution in [0.25, 0.3) is 0 Å². The Morgan fingerprint density at radius 1 is 1.09 bits per heavy atom. The van der Waals surface area contributed by atoms with Crippen molar-refractivity contribution in [2.45, 2.75) is 13.5 Å². The average Bonchev–Trinajstić information content (AvgIpc) is 2.47. The first kappa shape index (κ1) is 16.2. The van der Waals surface area contributed by atoms with Gasteiger partial charge in [0, 0.05) is 23.6 Å². The molecule has 0 saturated heterocycles. The van der Waals surface area contributed by atoms with Crippen LogP contribution in [0.1, 0.15) is 12.5 Å². The number of hydrogen-bond acceptors (Lipinski definition) is 2. The van der Waals surface area contributed by atoms with Crippen molar-refractivity contribution in [3.8, 4) is 0 Å². The van der Waals surface area contributed by atoms with Crippen molar-refractivity contribution >= 4 is 33.4 Å². The molecule has 0 atom stereocenters. The van der Waals surface area contributed by atoms with Crippen LogP contribution in [0.3, 0.4) is 0 Å². The monoisotopic (exact) mass is 360 g/mol. The van der Waals surface area contributed by atoms with Crippen molar-refractivity contribution in [2.75, 3.05) is 11.9 Å². The zero-order valence-corrected chi connectivity index (χ0v) is 13.8. The van der Waals surface area contributed by atoms with E-state index in [2.05, 4.69) is 21.2 Å². The molecule has 5 heteroatoms. The molecule has 2 rings (SSSR count). The number of rotatable bonds is 5. The Hall–Kier alpha value is -2.14. The summed E-state index contributed by atoms with van der Waals surface area (Å²) in [6, 6.07) is 16.9. The number of benzene rings is 2. The summed E-state index contributed by atoms with van der Waals surface area (Å²) in [5.74, 6) is -0.350. The SMILES string of the molecule is CC(=O)N(CC(=O)Nc1cccc(Br)c1)Cc1ccccc1. The van der Waals surface area contributed by atoms with E-state index in [4.69, 9.17) is 0 Å². The lowest BCUT2D eigenvalue weighted by molar-refractivity contribution is -0.133. The van der Waals surface area contributed by atoms with E-state index in [1.54, 1.807) is 6.07 Å². The molecular formula is C17H17BrN2O2. The third-order valence-electron chi connectivity index (χ3n) is 3.10. The number of amides is 2. The van der Waals surface area contributed by atoms with Gasteiger partial charge in [-0.3, -0.25) is 9.59 Å². The van der Waals surface area contributed by atoms with Crippen molar-refractivity contribution in [3.63, 3.8) is 0 Å². The highest BCUT2D eigenvalue weighted by Gasteiger charge is 2.14. The van der Waals surface area contributed by atoms with Gasteiger partial charge in [-0.05, 0) is 23.8 Å². The number of nitrogens with one attached hydrogen (secondary N) is 1. The Bertz CT molecular complexity index is 659. The molecule has 2 amide bonds. The number of carbonyl (C=O) groups is 2. The normalized spacial score (nSPS) is 10.1. The molecule has 22 heavy (non-hydrogen) atoms. The quantitative estimate of drug-likeness (QED) is 0.887. The van der Waals surface area contributed by atoms with Crippen LogP contribution in [0.5, 0.6) is 0 Å². The molecule has 114 valence electrons. The largest absolute Gasteiger partial charge is 0.329 e. The molecule has 1 N–H and O–H groups in total. The minimum atomic E-state index is -0.218. The van der Waals surface area contributed by atoms with E-state index in [1.165, 1.54) is 11.8 Å². The molecule has 0 radical (unpaired) electrons. The molecule has 0 saturated carbocycles. The summed E-state index contributed by atoms with van der Waals surface area (Å²) in [7, 11) is 0. The van der Waals surface area contributed by atoms with Crippen molar-refractivity contribution in [2.24, 2.45) is 0 Å². The Kier molecular flexibility index (Phi) is 5.72. The molecule has 2 aromatic rings. The Morgan fingerprint density at radius 2 is 1.82 bits per heavy atom. The van der Waals surface area contributed by atoms with Crippen molar-refractivity contribution in [1.82, 2.24) is 4.90 Å². The van der Waals surface area contributed by atoms with Gasteiger partial charge in [0.05, 0.1) is 0 Å². The van der Waals surface area contributed by atoms with E-state index in [9.17, 15) is 9.59 Å². The van der Waals surface area contributed by atoms with Crippen LogP contribution in [0.2, 0.25) is 0 Å². The standard InChI is InChI=1S/C17H17BrN2O2/c1-13(21)20(11-14-6-3-2-4-7-14)12-17(22)19-16-9-5-8-15(18)10-16/h2-10H,11-12H2,1H3,(H,19,22). The lowest BCUT2D eigenvalue weighted by Crippen LogP contribution is -2.36. The number of halogens is 1. The van der Waals surface area contributed by atoms with Gasteiger partial charge in [0.1, 0.15) is 6.54 Å². The van der Waals surface area contributed by atoms with E-state index in [1.807, 2.05) is 48.5 Å². The number of anilines is 1. The second kappa shape index (κ2) is 7.75. The summed E-state index contributed by atoms with van der Waals surface area (Å²) in [5, 5.41) is 2.79. The lowest BCUT2D eigenvalue weighted by Gasteiger charge is -2.20. The minimum Gasteiger partial charge on any atom is -0.329 e. The zero-order chi connectivity index (χ0) is 15.9. The molecule has 2 aromatic carbocycles. The Labute approximate surface area is 138 Å². The molecule has 0 fully saturated rings. The van der Waals surface area contributed by atoms with Gasteiger partial charge in [-0.15, -0.1) is 0 Å². The fraction of sp³-hybridized carbons (Fsp3) is 0.176. The fourth-order valence-electron chi connectivity index (χ4n) is 2.02. The van der Waals surface area contributed by atoms with Crippen LogP contribution >= 0.6 is 15.9 Å². The highest BCUT2D eigenvalue weighted by molar-refractivity contribution is 9.10. The van der Waals surface area contributed by atoms with E-state index < -0.39 is 0 Å². The molecule has 0 unspecified atom stereocenters. The third kappa shape index (κ3) is 5.00. The van der Waals surface area contributed by atoms with Crippen LogP contribution in [0.15, 0.2) is 59.1 Å². The molecule has 0 aliphatic rings. The first-order valence-electron chi connectivity index (χ1n) is 6.89. The van der Waals surface area contributed by atoms with Crippen molar-refractivity contribution in [3.05, 3.63) is 64.6 Å². The van der Waals surface area contributed by atoms with Gasteiger partial charge >= 0.3 is 0 Å². The summed E-state index contributed by atoms with van der Waals surface area (Å²) >= 11 is 3.35. The second-order valence-corrected chi connectivity index (χ2v) is 5.83. The molecule has 0 aromatic heterocycles. The van der Waals surface area contributed by atoms with Crippen LogP contribution in [0.4, 0.5) is 5.69 Å². The molecule has 0 spiro atoms. The molecule has 0 heterocycles. The molecular weight excluding hydrogens is 344 g/mol. The van der Waals surface area contributed by atoms with E-state index in [-0.39, 0.29) is 18.4 Å². The van der Waals surface area contributed by atoms with Gasteiger partial charge in [-0.2, -0.15) is 0 Å². The van der Waals surface area contributed by atoms with Gasteiger partial charge in [-0.1, -0.05) is 52.3 Å². The van der Waals surface area contributed by atoms with Gasteiger partial charge < -0.3 is 10.2 Å². The number of carbonyl (C=O) groups excluding carboxylic acids is 2. The maximum absolute atomic E-state index is 12.1. The Balaban J connectivity index is 1.98. The van der Waals surface area contributed by atoms with E-state index in [0.29, 0.717) is 12.2 Å². The van der Waals surface area contributed by atoms with Gasteiger partial charge in [-0.25, -0.2) is 0 Å². The summed E-state index contributed by atoms with van der Waals surface area (Å²) in [4.78, 5) is 25.4. The highest BCUT2D eigenvalue weighted by atomic mass is 79.9. The number of hydrogen-bond donors (Lipinski definition) is 1. The smallest absolute Gasteiger partial charge is 0.244 e. The summed E-state index contributed by atoms with van der Waals surface area (Å²) in [6.07, 6.45) is 0. The lowest BCUT2D eigenvalue weighted by atomic mass is 10.2. The van der Waals surface area contributed by atoms with Gasteiger partial charge in [0.15, 0.2) is 0 Å². The maximum atomic E-state index is 12.1. The van der Waals surface area contributed by atoms with Crippen LogP contribution in [-0.4, -0.2) is 23.3 Å². The van der Waals surface area contributed by atoms with Crippen molar-refractivity contribution in [1.29, 1.82) is 0 Å². The predicted molar refractivity (Wildman–Crippen MR) is 90.3 cm³/mol. The Morgan fingerprint density at radius 3 is 2.45 bits per heavy atom. The summed E-state index contributed by atoms with van der Waals surface area (Å²) in [6.45, 7) is 1.91. The molecule has 4 nitrogen and oxygen atoms in total. The van der Waals surface area contributed by atoms with Crippen LogP contribution in [-0.2, 0) is 16.1 Å². The summed E-state index contributed by atoms with van der Waals surface area (Å²) in [5.41, 5.74) is 1.69. The first-order valence-corrected chi connectivity index (χ1v) is 7.69. The fourth-order valence-corrected chi connectivity index (χ4v) is 2.42. The zero-order valence-electron chi connectivity index (χ0n) is 12.3. The maximum Gasteiger partial charge on any atom is 0.244 e. The van der Waals surface area contributed by atoms with Crippen LogP contribution in [0, 0.1) is 0 Å². The molecule has 0 bridgehead atoms. The van der Waals surface area contributed by atoms with Crippen LogP contribution < -0.4 is 5.32 Å². The molecule has 0 aliphatic heterocycles. The van der Waals surface area contributed by atoms with E-state index >= 15 is 0 Å². The predicted octanol–water partition coefficient (Wildman–Crippen LogP) is 3.44. The van der Waals surface area contributed by atoms with Gasteiger partial charge in [0.2, 0.25) is 11.8 Å².